The fraction of sp³-hybridized carbons (Fsp3) is 0.0164. The normalized spacial score (nSPS) is 12.5. The first kappa shape index (κ1) is 39.6. The van der Waals surface area contributed by atoms with Crippen LogP contribution >= 0.6 is 11.3 Å². The molecular weight excluding hydrogens is 849 g/mol. The Labute approximate surface area is 397 Å². The van der Waals surface area contributed by atoms with Crippen molar-refractivity contribution >= 4 is 31.5 Å². The van der Waals surface area contributed by atoms with Crippen LogP contribution in [0.15, 0.2) is 231 Å². The van der Waals surface area contributed by atoms with Gasteiger partial charge in [-0.15, -0.1) is 11.3 Å². The predicted molar refractivity (Wildman–Crippen MR) is 276 cm³/mol. The van der Waals surface area contributed by atoms with Crippen molar-refractivity contribution in [2.75, 3.05) is 0 Å². The lowest BCUT2D eigenvalue weighted by Crippen LogP contribution is -2.31. The summed E-state index contributed by atoms with van der Waals surface area (Å²) in [6.45, 7) is 0. The first-order chi connectivity index (χ1) is 33.7. The molecular formula is C61H38N6S. The summed E-state index contributed by atoms with van der Waals surface area (Å²) in [5.74, 6) is 3.66. The zero-order valence-corrected chi connectivity index (χ0v) is 37.3. The molecule has 0 bridgehead atoms. The third kappa shape index (κ3) is 6.39. The van der Waals surface area contributed by atoms with Crippen LogP contribution in [0.5, 0.6) is 0 Å². The monoisotopic (exact) mass is 886 g/mol. The lowest BCUT2D eigenvalue weighted by Gasteiger charge is -2.38. The van der Waals surface area contributed by atoms with Crippen LogP contribution in [0.4, 0.5) is 0 Å². The second-order valence-electron chi connectivity index (χ2n) is 16.9. The number of benzene rings is 9. The molecule has 1 aliphatic rings. The Morgan fingerprint density at radius 1 is 0.250 bits per heavy atom. The number of nitrogens with zero attached hydrogens (tertiary/aromatic N) is 6. The van der Waals surface area contributed by atoms with Crippen molar-refractivity contribution in [1.29, 1.82) is 0 Å². The zero-order chi connectivity index (χ0) is 45.0. The maximum atomic E-state index is 5.33. The minimum absolute atomic E-state index is 0.601. The van der Waals surface area contributed by atoms with Crippen LogP contribution in [0.3, 0.4) is 0 Å². The van der Waals surface area contributed by atoms with Gasteiger partial charge in [-0.25, -0.2) is 29.9 Å². The molecule has 3 heterocycles. The number of rotatable bonds is 8. The molecule has 6 nitrogen and oxygen atoms in total. The van der Waals surface area contributed by atoms with E-state index in [1.54, 1.807) is 11.3 Å². The minimum atomic E-state index is -0.722. The largest absolute Gasteiger partial charge is 0.208 e. The Morgan fingerprint density at radius 2 is 0.588 bits per heavy atom. The summed E-state index contributed by atoms with van der Waals surface area (Å²) in [4.78, 5) is 31.4. The van der Waals surface area contributed by atoms with E-state index in [0.29, 0.717) is 34.9 Å². The highest BCUT2D eigenvalue weighted by molar-refractivity contribution is 7.27. The molecule has 0 amide bonds. The highest BCUT2D eigenvalue weighted by Gasteiger charge is 2.44. The molecule has 7 heteroatoms. The van der Waals surface area contributed by atoms with Crippen LogP contribution in [0, 0.1) is 0 Å². The molecule has 12 aromatic rings. The van der Waals surface area contributed by atoms with Crippen LogP contribution < -0.4 is 0 Å². The predicted octanol–water partition coefficient (Wildman–Crippen LogP) is 14.8. The summed E-state index contributed by atoms with van der Waals surface area (Å²) in [6, 6.07) is 80.6. The van der Waals surface area contributed by atoms with E-state index in [9.17, 15) is 0 Å². The van der Waals surface area contributed by atoms with Crippen LogP contribution in [-0.2, 0) is 5.41 Å². The lowest BCUT2D eigenvalue weighted by molar-refractivity contribution is 0.756. The van der Waals surface area contributed by atoms with E-state index >= 15 is 0 Å². The third-order valence-electron chi connectivity index (χ3n) is 13.1. The van der Waals surface area contributed by atoms with Crippen LogP contribution in [0.2, 0.25) is 0 Å². The number of fused-ring (bicyclic) bond motifs is 2. The Kier molecular flexibility index (Phi) is 9.47. The van der Waals surface area contributed by atoms with Gasteiger partial charge in [0.05, 0.1) is 5.41 Å². The zero-order valence-electron chi connectivity index (χ0n) is 36.5. The lowest BCUT2D eigenvalue weighted by atomic mass is 9.63. The van der Waals surface area contributed by atoms with Gasteiger partial charge in [0.15, 0.2) is 34.9 Å². The smallest absolute Gasteiger partial charge is 0.165 e. The second kappa shape index (κ2) is 16.3. The van der Waals surface area contributed by atoms with Crippen molar-refractivity contribution in [3.8, 4) is 79.5 Å². The highest BCUT2D eigenvalue weighted by atomic mass is 32.1. The average molecular weight is 887 g/mol. The van der Waals surface area contributed by atoms with Gasteiger partial charge in [0.25, 0.3) is 0 Å². The van der Waals surface area contributed by atoms with Crippen LogP contribution in [-0.4, -0.2) is 29.9 Å². The van der Waals surface area contributed by atoms with Crippen LogP contribution in [0.25, 0.3) is 99.6 Å². The van der Waals surface area contributed by atoms with Crippen molar-refractivity contribution in [3.05, 3.63) is 253 Å². The fourth-order valence-corrected chi connectivity index (χ4v) is 11.4. The molecule has 0 N–H and O–H groups in total. The third-order valence-corrected chi connectivity index (χ3v) is 14.3. The molecule has 68 heavy (non-hydrogen) atoms. The maximum absolute atomic E-state index is 5.33. The van der Waals surface area contributed by atoms with E-state index in [1.165, 1.54) is 22.3 Å². The second-order valence-corrected chi connectivity index (χ2v) is 18.0. The molecule has 0 spiro atoms. The van der Waals surface area contributed by atoms with Gasteiger partial charge in [-0.1, -0.05) is 218 Å². The molecule has 318 valence electrons. The maximum Gasteiger partial charge on any atom is 0.165 e. The Hall–Kier alpha value is -8.78. The van der Waals surface area contributed by atoms with Crippen molar-refractivity contribution in [3.63, 3.8) is 0 Å². The van der Waals surface area contributed by atoms with Crippen LogP contribution in [0.1, 0.15) is 22.3 Å². The van der Waals surface area contributed by atoms with E-state index < -0.39 is 5.41 Å². The van der Waals surface area contributed by atoms with Gasteiger partial charge in [0.1, 0.15) is 0 Å². The molecule has 0 unspecified atom stereocenters. The molecule has 0 aliphatic heterocycles. The Bertz CT molecular complexity index is 3670. The van der Waals surface area contributed by atoms with Gasteiger partial charge in [-0.3, -0.25) is 0 Å². The Balaban J connectivity index is 1.19. The van der Waals surface area contributed by atoms with Gasteiger partial charge in [0.2, 0.25) is 0 Å². The molecule has 0 saturated heterocycles. The van der Waals surface area contributed by atoms with Crippen molar-refractivity contribution in [1.82, 2.24) is 29.9 Å². The van der Waals surface area contributed by atoms with Gasteiger partial charge in [-0.05, 0) is 45.5 Å². The molecule has 0 fully saturated rings. The van der Waals surface area contributed by atoms with Gasteiger partial charge in [0, 0.05) is 53.6 Å². The molecule has 3 aromatic heterocycles. The highest BCUT2D eigenvalue weighted by Crippen LogP contribution is 2.58. The molecule has 0 saturated carbocycles. The summed E-state index contributed by atoms with van der Waals surface area (Å²) < 4.78 is 2.14. The molecule has 0 atom stereocenters. The van der Waals surface area contributed by atoms with Crippen molar-refractivity contribution < 1.29 is 0 Å². The standard InChI is InChI=1S/C61H38N6S/c1-7-21-39(22-8-1)55-62-56(40-23-9-2-10-24-40)65-59(64-55)47-36-35-46-45-33-19-20-34-49(45)61(43-29-15-5-16-30-43,44-31-17-6-18-32-44)50-38-37-48(54-52(50)51(46)53(47)68-54)60-66-57(41-25-11-3-12-26-41)63-58(67-60)42-27-13-4-14-28-42/h1-38H. The topological polar surface area (TPSA) is 77.3 Å². The van der Waals surface area contributed by atoms with E-state index in [0.717, 1.165) is 64.7 Å². The van der Waals surface area contributed by atoms with E-state index in [2.05, 4.69) is 158 Å². The van der Waals surface area contributed by atoms with Gasteiger partial charge in [-0.2, -0.15) is 0 Å². The molecule has 9 aromatic carbocycles. The Morgan fingerprint density at radius 3 is 1.03 bits per heavy atom. The molecule has 0 radical (unpaired) electrons. The summed E-state index contributed by atoms with van der Waals surface area (Å²) in [7, 11) is 0. The first-order valence-electron chi connectivity index (χ1n) is 22.7. The van der Waals surface area contributed by atoms with Crippen molar-refractivity contribution in [2.24, 2.45) is 0 Å². The summed E-state index contributed by atoms with van der Waals surface area (Å²) in [5.41, 5.74) is 11.8. The fourth-order valence-electron chi connectivity index (χ4n) is 10.1. The minimum Gasteiger partial charge on any atom is -0.208 e. The SMILES string of the molecule is c1ccc(-c2nc(-c3ccccc3)nc(-c3ccc4c5c3sc3c(-c6nc(-c7ccccc7)nc(-c7ccccc7)n6)ccc(c35)C(c3ccccc3)(c3ccccc3)c3ccccc3-4)n2)cc1. The summed E-state index contributed by atoms with van der Waals surface area (Å²) >= 11 is 1.75. The number of aromatic nitrogens is 6. The molecule has 13 rings (SSSR count). The van der Waals surface area contributed by atoms with Gasteiger partial charge >= 0.3 is 0 Å². The number of thiophene rings is 1. The van der Waals surface area contributed by atoms with Crippen molar-refractivity contribution in [2.45, 2.75) is 5.41 Å². The first-order valence-corrected chi connectivity index (χ1v) is 23.5. The average Bonchev–Trinajstić information content (AvgIpc) is 3.79. The van der Waals surface area contributed by atoms with E-state index in [4.69, 9.17) is 29.9 Å². The summed E-state index contributed by atoms with van der Waals surface area (Å²) in [5, 5.41) is 2.29. The number of hydrogen-bond donors (Lipinski definition) is 0. The number of hydrogen-bond acceptors (Lipinski definition) is 7. The molecule has 1 aliphatic carbocycles. The quantitative estimate of drug-likeness (QED) is 0.151. The van der Waals surface area contributed by atoms with Gasteiger partial charge < -0.3 is 0 Å². The van der Waals surface area contributed by atoms with E-state index in [-0.39, 0.29) is 0 Å². The van der Waals surface area contributed by atoms with E-state index in [1.807, 2.05) is 72.8 Å². The summed E-state index contributed by atoms with van der Waals surface area (Å²) in [6.07, 6.45) is 0.